The van der Waals surface area contributed by atoms with Crippen LogP contribution in [0.2, 0.25) is 0 Å². The molecule has 1 amide bonds. The molecule has 4 heterocycles. The number of carbonyl (C=O) groups is 1. The highest BCUT2D eigenvalue weighted by atomic mass is 16.5. The van der Waals surface area contributed by atoms with Gasteiger partial charge < -0.3 is 10.1 Å². The molecule has 0 radical (unpaired) electrons. The maximum atomic E-state index is 12.7. The summed E-state index contributed by atoms with van der Waals surface area (Å²) in [5, 5.41) is 21.8. The van der Waals surface area contributed by atoms with Crippen LogP contribution in [0.1, 0.15) is 23.3 Å². The fourth-order valence-corrected chi connectivity index (χ4v) is 3.50. The third-order valence-electron chi connectivity index (χ3n) is 4.92. The van der Waals surface area contributed by atoms with Crippen molar-refractivity contribution in [2.75, 3.05) is 11.9 Å². The van der Waals surface area contributed by atoms with Gasteiger partial charge in [-0.2, -0.15) is 15.3 Å². The molecule has 142 valence electrons. The van der Waals surface area contributed by atoms with Gasteiger partial charge in [-0.1, -0.05) is 6.07 Å². The van der Waals surface area contributed by atoms with E-state index in [4.69, 9.17) is 4.74 Å². The van der Waals surface area contributed by atoms with Gasteiger partial charge in [-0.05, 0) is 30.5 Å². The van der Waals surface area contributed by atoms with Crippen molar-refractivity contribution in [1.29, 1.82) is 0 Å². The number of nitrogens with zero attached hydrogens (tertiary/aromatic N) is 4. The van der Waals surface area contributed by atoms with E-state index < -0.39 is 0 Å². The predicted molar refractivity (Wildman–Crippen MR) is 103 cm³/mol. The lowest BCUT2D eigenvalue weighted by atomic mass is 10.1. The SMILES string of the molecule is O=C(Nc1cnn(CC2CCCO2)c1)c1n[nH]c2cc(-c3cn[nH]c3)ccc12. The van der Waals surface area contributed by atoms with Crippen LogP contribution in [-0.4, -0.2) is 48.8 Å². The summed E-state index contributed by atoms with van der Waals surface area (Å²) in [6.07, 6.45) is 9.34. The Morgan fingerprint density at radius 2 is 2.29 bits per heavy atom. The number of anilines is 1. The molecule has 1 aliphatic rings. The molecule has 0 bridgehead atoms. The van der Waals surface area contributed by atoms with Crippen LogP contribution in [0.3, 0.4) is 0 Å². The molecule has 1 atom stereocenters. The third kappa shape index (κ3) is 3.16. The first-order valence-corrected chi connectivity index (χ1v) is 9.19. The number of rotatable bonds is 5. The fourth-order valence-electron chi connectivity index (χ4n) is 3.50. The first-order valence-electron chi connectivity index (χ1n) is 9.19. The van der Waals surface area contributed by atoms with Crippen LogP contribution in [0.25, 0.3) is 22.0 Å². The minimum absolute atomic E-state index is 0.197. The molecule has 28 heavy (non-hydrogen) atoms. The van der Waals surface area contributed by atoms with Gasteiger partial charge >= 0.3 is 0 Å². The van der Waals surface area contributed by atoms with Crippen LogP contribution in [0.4, 0.5) is 5.69 Å². The molecule has 0 saturated carbocycles. The Morgan fingerprint density at radius 1 is 1.32 bits per heavy atom. The minimum Gasteiger partial charge on any atom is -0.376 e. The second-order valence-electron chi connectivity index (χ2n) is 6.86. The van der Waals surface area contributed by atoms with E-state index in [2.05, 4.69) is 30.8 Å². The molecule has 4 aromatic rings. The standard InChI is InChI=1S/C19H19N7O2/c27-19(23-14-9-22-26(10-14)11-15-2-1-5-28-15)18-16-4-3-12(6-17(16)24-25-18)13-7-20-21-8-13/h3-4,6-10,15H,1-2,5,11H2,(H,20,21)(H,23,27)(H,24,25). The van der Waals surface area contributed by atoms with Gasteiger partial charge in [-0.15, -0.1) is 0 Å². The van der Waals surface area contributed by atoms with Crippen LogP contribution in [0, 0.1) is 0 Å². The molecular weight excluding hydrogens is 358 g/mol. The van der Waals surface area contributed by atoms with Crippen LogP contribution in [0.5, 0.6) is 0 Å². The van der Waals surface area contributed by atoms with E-state index in [0.29, 0.717) is 17.9 Å². The molecule has 0 aliphatic carbocycles. The van der Waals surface area contributed by atoms with Crippen LogP contribution in [-0.2, 0) is 11.3 Å². The Bertz CT molecular complexity index is 1110. The Balaban J connectivity index is 1.32. The summed E-state index contributed by atoms with van der Waals surface area (Å²) >= 11 is 0. The van der Waals surface area contributed by atoms with Crippen LogP contribution in [0.15, 0.2) is 43.0 Å². The van der Waals surface area contributed by atoms with Gasteiger partial charge in [0.25, 0.3) is 5.91 Å². The highest BCUT2D eigenvalue weighted by molar-refractivity contribution is 6.11. The quantitative estimate of drug-likeness (QED) is 0.495. The first kappa shape index (κ1) is 16.7. The van der Waals surface area contributed by atoms with Gasteiger partial charge in [-0.25, -0.2) is 0 Å². The molecule has 1 unspecified atom stereocenters. The second-order valence-corrected chi connectivity index (χ2v) is 6.86. The number of H-pyrrole nitrogens is 2. The van der Waals surface area contributed by atoms with E-state index in [1.54, 1.807) is 17.1 Å². The van der Waals surface area contributed by atoms with E-state index in [-0.39, 0.29) is 12.0 Å². The van der Waals surface area contributed by atoms with Crippen molar-refractivity contribution in [3.05, 3.63) is 48.7 Å². The number of amides is 1. The molecule has 1 saturated heterocycles. The molecule has 9 nitrogen and oxygen atoms in total. The molecule has 9 heteroatoms. The van der Waals surface area contributed by atoms with Crippen LogP contribution < -0.4 is 5.32 Å². The van der Waals surface area contributed by atoms with Crippen molar-refractivity contribution in [3.63, 3.8) is 0 Å². The van der Waals surface area contributed by atoms with E-state index in [0.717, 1.165) is 41.5 Å². The maximum Gasteiger partial charge on any atom is 0.276 e. The number of ether oxygens (including phenoxy) is 1. The van der Waals surface area contributed by atoms with Gasteiger partial charge in [-0.3, -0.25) is 19.7 Å². The number of hydrogen-bond donors (Lipinski definition) is 3. The van der Waals surface area contributed by atoms with Gasteiger partial charge in [0.2, 0.25) is 0 Å². The Hall–Kier alpha value is -3.46. The zero-order valence-electron chi connectivity index (χ0n) is 15.1. The maximum absolute atomic E-state index is 12.7. The number of benzene rings is 1. The van der Waals surface area contributed by atoms with Gasteiger partial charge in [0.05, 0.1) is 36.2 Å². The van der Waals surface area contributed by atoms with Crippen molar-refractivity contribution < 1.29 is 9.53 Å². The second kappa shape index (κ2) is 6.93. The normalized spacial score (nSPS) is 16.6. The van der Waals surface area contributed by atoms with Crippen molar-refractivity contribution in [1.82, 2.24) is 30.2 Å². The largest absolute Gasteiger partial charge is 0.376 e. The highest BCUT2D eigenvalue weighted by Gasteiger charge is 2.18. The summed E-state index contributed by atoms with van der Waals surface area (Å²) < 4.78 is 7.42. The summed E-state index contributed by atoms with van der Waals surface area (Å²) in [4.78, 5) is 12.7. The molecule has 3 aromatic heterocycles. The number of hydrogen-bond acceptors (Lipinski definition) is 5. The molecule has 1 fully saturated rings. The fraction of sp³-hybridized carbons (Fsp3) is 0.263. The number of nitrogens with one attached hydrogen (secondary N) is 3. The van der Waals surface area contributed by atoms with Gasteiger partial charge in [0, 0.05) is 30.0 Å². The number of aromatic amines is 2. The monoisotopic (exact) mass is 377 g/mol. The molecule has 1 aromatic carbocycles. The summed E-state index contributed by atoms with van der Waals surface area (Å²) in [6.45, 7) is 1.50. The number of carbonyl (C=O) groups excluding carboxylic acids is 1. The molecule has 5 rings (SSSR count). The van der Waals surface area contributed by atoms with Crippen molar-refractivity contribution in [3.8, 4) is 11.1 Å². The number of aromatic nitrogens is 6. The van der Waals surface area contributed by atoms with Crippen molar-refractivity contribution in [2.45, 2.75) is 25.5 Å². The smallest absolute Gasteiger partial charge is 0.276 e. The van der Waals surface area contributed by atoms with E-state index in [9.17, 15) is 4.79 Å². The zero-order chi connectivity index (χ0) is 18.9. The van der Waals surface area contributed by atoms with Gasteiger partial charge in [0.15, 0.2) is 5.69 Å². The Labute approximate surface area is 160 Å². The molecule has 0 spiro atoms. The van der Waals surface area contributed by atoms with E-state index in [1.807, 2.05) is 30.6 Å². The molecular formula is C19H19N7O2. The van der Waals surface area contributed by atoms with E-state index in [1.165, 1.54) is 0 Å². The lowest BCUT2D eigenvalue weighted by Gasteiger charge is -2.08. The lowest BCUT2D eigenvalue weighted by Crippen LogP contribution is -2.15. The summed E-state index contributed by atoms with van der Waals surface area (Å²) in [5.41, 5.74) is 3.74. The summed E-state index contributed by atoms with van der Waals surface area (Å²) in [7, 11) is 0. The van der Waals surface area contributed by atoms with Crippen molar-refractivity contribution >= 4 is 22.5 Å². The summed E-state index contributed by atoms with van der Waals surface area (Å²) in [6, 6.07) is 5.78. The number of fused-ring (bicyclic) bond motifs is 1. The van der Waals surface area contributed by atoms with Crippen LogP contribution >= 0.6 is 0 Å². The van der Waals surface area contributed by atoms with Crippen molar-refractivity contribution in [2.24, 2.45) is 0 Å². The first-order chi connectivity index (χ1) is 13.8. The Kier molecular flexibility index (Phi) is 4.13. The zero-order valence-corrected chi connectivity index (χ0v) is 15.1. The summed E-state index contributed by atoms with van der Waals surface area (Å²) in [5.74, 6) is -0.279. The van der Waals surface area contributed by atoms with E-state index >= 15 is 0 Å². The topological polar surface area (TPSA) is 114 Å². The average Bonchev–Trinajstić information content (AvgIpc) is 3.49. The lowest BCUT2D eigenvalue weighted by molar-refractivity contribution is 0.0940. The highest BCUT2D eigenvalue weighted by Crippen LogP contribution is 2.25. The molecule has 3 N–H and O–H groups in total. The average molecular weight is 377 g/mol. The third-order valence-corrected chi connectivity index (χ3v) is 4.92. The van der Waals surface area contributed by atoms with Gasteiger partial charge in [0.1, 0.15) is 0 Å². The molecule has 1 aliphatic heterocycles. The Morgan fingerprint density at radius 3 is 3.11 bits per heavy atom. The predicted octanol–water partition coefficient (Wildman–Crippen LogP) is 2.58. The minimum atomic E-state index is -0.279.